The maximum Gasteiger partial charge on any atom is 0.259 e. The first-order valence-corrected chi connectivity index (χ1v) is 10.3. The highest BCUT2D eigenvalue weighted by Gasteiger charge is 2.27. The third kappa shape index (κ3) is 4.17. The first kappa shape index (κ1) is 19.2. The number of hydrogen-bond acceptors (Lipinski definition) is 4. The van der Waals surface area contributed by atoms with Gasteiger partial charge in [-0.15, -0.1) is 0 Å². The summed E-state index contributed by atoms with van der Waals surface area (Å²) in [6.07, 6.45) is 1.94. The van der Waals surface area contributed by atoms with Gasteiger partial charge in [-0.25, -0.2) is 4.98 Å². The smallest absolute Gasteiger partial charge is 0.259 e. The number of anilines is 1. The molecule has 5 nitrogen and oxygen atoms in total. The second-order valence-corrected chi connectivity index (χ2v) is 7.87. The molecule has 2 amide bonds. The number of carbonyl (C=O) groups excluding carboxylic acids is 2. The van der Waals surface area contributed by atoms with Gasteiger partial charge in [-0.3, -0.25) is 9.59 Å². The molecule has 4 rings (SSSR count). The van der Waals surface area contributed by atoms with Gasteiger partial charge in [-0.2, -0.15) is 0 Å². The lowest BCUT2D eigenvalue weighted by atomic mass is 10.1. The van der Waals surface area contributed by atoms with E-state index in [1.807, 2.05) is 67.6 Å². The maximum atomic E-state index is 13.2. The van der Waals surface area contributed by atoms with Crippen molar-refractivity contribution in [3.63, 3.8) is 0 Å². The number of rotatable bonds is 5. The van der Waals surface area contributed by atoms with Crippen LogP contribution < -0.4 is 10.2 Å². The Kier molecular flexibility index (Phi) is 5.62. The molecule has 0 saturated carbocycles. The molecule has 1 aromatic heterocycles. The molecule has 6 heteroatoms. The van der Waals surface area contributed by atoms with Gasteiger partial charge in [-0.05, 0) is 42.3 Å². The average molecular weight is 404 g/mol. The normalized spacial score (nSPS) is 12.7. The van der Waals surface area contributed by atoms with E-state index in [2.05, 4.69) is 10.3 Å². The molecule has 0 bridgehead atoms. The van der Waals surface area contributed by atoms with Gasteiger partial charge in [0.25, 0.3) is 5.91 Å². The molecular weight excluding hydrogens is 382 g/mol. The number of nitrogens with one attached hydrogen (secondary N) is 1. The van der Waals surface area contributed by atoms with Crippen molar-refractivity contribution in [2.45, 2.75) is 29.8 Å². The van der Waals surface area contributed by atoms with Crippen LogP contribution >= 0.6 is 11.8 Å². The van der Waals surface area contributed by atoms with Crippen molar-refractivity contribution < 1.29 is 9.59 Å². The molecule has 2 heterocycles. The monoisotopic (exact) mass is 403 g/mol. The zero-order valence-corrected chi connectivity index (χ0v) is 16.9. The molecule has 0 atom stereocenters. The Morgan fingerprint density at radius 3 is 2.72 bits per heavy atom. The van der Waals surface area contributed by atoms with Gasteiger partial charge in [-0.1, -0.05) is 48.2 Å². The predicted molar refractivity (Wildman–Crippen MR) is 114 cm³/mol. The molecule has 0 spiro atoms. The molecule has 0 radical (unpaired) electrons. The number of fused-ring (bicyclic) bond motifs is 2. The van der Waals surface area contributed by atoms with E-state index in [1.165, 1.54) is 11.8 Å². The average Bonchev–Trinajstić information content (AvgIpc) is 2.86. The van der Waals surface area contributed by atoms with Crippen molar-refractivity contribution in [2.75, 3.05) is 11.4 Å². The van der Waals surface area contributed by atoms with Crippen LogP contribution in [0.2, 0.25) is 0 Å². The summed E-state index contributed by atoms with van der Waals surface area (Å²) in [6.45, 7) is 2.80. The number of hydrogen-bond donors (Lipinski definition) is 1. The van der Waals surface area contributed by atoms with E-state index < -0.39 is 0 Å². The lowest BCUT2D eigenvalue weighted by Gasteiger charge is -2.22. The molecule has 1 N–H and O–H groups in total. The Morgan fingerprint density at radius 1 is 1.07 bits per heavy atom. The fraction of sp³-hybridized carbons (Fsp3) is 0.174. The van der Waals surface area contributed by atoms with Gasteiger partial charge in [0.2, 0.25) is 5.91 Å². The van der Waals surface area contributed by atoms with Crippen LogP contribution in [0.3, 0.4) is 0 Å². The highest BCUT2D eigenvalue weighted by atomic mass is 32.2. The largest absolute Gasteiger partial charge is 0.352 e. The first-order valence-electron chi connectivity index (χ1n) is 9.48. The Morgan fingerprint density at radius 2 is 1.86 bits per heavy atom. The number of aryl methyl sites for hydroxylation is 1. The summed E-state index contributed by atoms with van der Waals surface area (Å²) in [5.74, 6) is -0.191. The van der Waals surface area contributed by atoms with Crippen LogP contribution in [-0.2, 0) is 11.3 Å². The predicted octanol–water partition coefficient (Wildman–Crippen LogP) is 4.21. The SMILES string of the molecule is Cc1ccccc1CNC(=O)CCN1C(=O)c2ccccc2Sc2ncccc21. The van der Waals surface area contributed by atoms with Crippen LogP contribution in [0.5, 0.6) is 0 Å². The molecule has 3 aromatic rings. The van der Waals surface area contributed by atoms with Crippen LogP contribution in [0.4, 0.5) is 5.69 Å². The van der Waals surface area contributed by atoms with Crippen molar-refractivity contribution in [3.8, 4) is 0 Å². The fourth-order valence-corrected chi connectivity index (χ4v) is 4.30. The topological polar surface area (TPSA) is 62.3 Å². The molecule has 2 aromatic carbocycles. The van der Waals surface area contributed by atoms with E-state index in [0.29, 0.717) is 18.7 Å². The molecule has 29 heavy (non-hydrogen) atoms. The zero-order valence-electron chi connectivity index (χ0n) is 16.1. The second kappa shape index (κ2) is 8.49. The van der Waals surface area contributed by atoms with E-state index in [0.717, 1.165) is 26.7 Å². The Labute approximate surface area is 174 Å². The minimum atomic E-state index is -0.105. The third-order valence-corrected chi connectivity index (χ3v) is 5.99. The lowest BCUT2D eigenvalue weighted by Crippen LogP contribution is -2.35. The van der Waals surface area contributed by atoms with Gasteiger partial charge in [0.05, 0.1) is 11.3 Å². The summed E-state index contributed by atoms with van der Waals surface area (Å²) in [6, 6.07) is 19.2. The van der Waals surface area contributed by atoms with E-state index >= 15 is 0 Å². The number of aromatic nitrogens is 1. The van der Waals surface area contributed by atoms with Gasteiger partial charge in [0.15, 0.2) is 0 Å². The van der Waals surface area contributed by atoms with E-state index in [9.17, 15) is 9.59 Å². The summed E-state index contributed by atoms with van der Waals surface area (Å²) in [7, 11) is 0. The highest BCUT2D eigenvalue weighted by Crippen LogP contribution is 2.39. The van der Waals surface area contributed by atoms with Crippen LogP contribution in [0.15, 0.2) is 76.8 Å². The Balaban J connectivity index is 1.49. The van der Waals surface area contributed by atoms with E-state index in [1.54, 1.807) is 11.1 Å². The minimum absolute atomic E-state index is 0.0864. The highest BCUT2D eigenvalue weighted by molar-refractivity contribution is 7.99. The van der Waals surface area contributed by atoms with E-state index in [4.69, 9.17) is 0 Å². The molecule has 146 valence electrons. The first-order chi connectivity index (χ1) is 14.1. The fourth-order valence-electron chi connectivity index (χ4n) is 3.28. The molecule has 0 aliphatic carbocycles. The van der Waals surface area contributed by atoms with Gasteiger partial charge in [0.1, 0.15) is 5.03 Å². The van der Waals surface area contributed by atoms with Crippen molar-refractivity contribution >= 4 is 29.3 Å². The number of carbonyl (C=O) groups is 2. The summed E-state index contributed by atoms with van der Waals surface area (Å²) in [5, 5.41) is 3.72. The quantitative estimate of drug-likeness (QED) is 0.693. The van der Waals surface area contributed by atoms with Crippen molar-refractivity contribution in [1.82, 2.24) is 10.3 Å². The van der Waals surface area contributed by atoms with Gasteiger partial charge >= 0.3 is 0 Å². The summed E-state index contributed by atoms with van der Waals surface area (Å²) in [4.78, 5) is 32.6. The van der Waals surface area contributed by atoms with Crippen LogP contribution in [0.25, 0.3) is 0 Å². The number of nitrogens with zero attached hydrogens (tertiary/aromatic N) is 2. The third-order valence-electron chi connectivity index (χ3n) is 4.91. The summed E-state index contributed by atoms with van der Waals surface area (Å²) < 4.78 is 0. The number of amides is 2. The Bertz CT molecular complexity index is 1070. The molecular formula is C23H21N3O2S. The zero-order chi connectivity index (χ0) is 20.2. The van der Waals surface area contributed by atoms with Gasteiger partial charge < -0.3 is 10.2 Å². The summed E-state index contributed by atoms with van der Waals surface area (Å²) in [5.41, 5.74) is 3.61. The van der Waals surface area contributed by atoms with Crippen LogP contribution in [-0.4, -0.2) is 23.3 Å². The van der Waals surface area contributed by atoms with E-state index in [-0.39, 0.29) is 18.2 Å². The standard InChI is InChI=1S/C23H21N3O2S/c1-16-7-2-3-8-17(16)15-25-21(27)12-14-26-19-10-6-13-24-22(19)29-20-11-5-4-9-18(20)23(26)28/h2-11,13H,12,14-15H2,1H3,(H,25,27). The molecule has 0 saturated heterocycles. The Hall–Kier alpha value is -3.12. The minimum Gasteiger partial charge on any atom is -0.352 e. The molecule has 0 fully saturated rings. The molecule has 0 unspecified atom stereocenters. The lowest BCUT2D eigenvalue weighted by molar-refractivity contribution is -0.121. The van der Waals surface area contributed by atoms with Crippen molar-refractivity contribution in [3.05, 3.63) is 83.6 Å². The molecule has 1 aliphatic heterocycles. The molecule has 1 aliphatic rings. The number of pyridine rings is 1. The van der Waals surface area contributed by atoms with Crippen LogP contribution in [0, 0.1) is 6.92 Å². The summed E-state index contributed by atoms with van der Waals surface area (Å²) >= 11 is 1.48. The number of benzene rings is 2. The maximum absolute atomic E-state index is 13.2. The van der Waals surface area contributed by atoms with Crippen LogP contribution in [0.1, 0.15) is 27.9 Å². The van der Waals surface area contributed by atoms with Crippen molar-refractivity contribution in [2.24, 2.45) is 0 Å². The van der Waals surface area contributed by atoms with Crippen molar-refractivity contribution in [1.29, 1.82) is 0 Å². The van der Waals surface area contributed by atoms with Gasteiger partial charge in [0, 0.05) is 30.6 Å². The second-order valence-electron chi connectivity index (χ2n) is 6.84.